The fraction of sp³-hybridized carbons (Fsp3) is 0.381. The van der Waals surface area contributed by atoms with Gasteiger partial charge in [0.25, 0.3) is 11.8 Å². The lowest BCUT2D eigenvalue weighted by Crippen LogP contribution is -2.27. The molecule has 1 aromatic carbocycles. The van der Waals surface area contributed by atoms with Crippen LogP contribution in [-0.2, 0) is 6.42 Å². The van der Waals surface area contributed by atoms with Gasteiger partial charge in [0, 0.05) is 25.5 Å². The van der Waals surface area contributed by atoms with Gasteiger partial charge >= 0.3 is 0 Å². The van der Waals surface area contributed by atoms with Gasteiger partial charge < -0.3 is 15.4 Å². The average Bonchev–Trinajstić information content (AvgIpc) is 2.71. The molecule has 0 unspecified atom stereocenters. The molecule has 0 saturated heterocycles. The van der Waals surface area contributed by atoms with Crippen LogP contribution in [0.1, 0.15) is 52.5 Å². The summed E-state index contributed by atoms with van der Waals surface area (Å²) in [4.78, 5) is 28.5. The van der Waals surface area contributed by atoms with E-state index in [2.05, 4.69) is 22.5 Å². The van der Waals surface area contributed by atoms with E-state index < -0.39 is 0 Å². The number of nitrogens with zero attached hydrogens (tertiary/aromatic N) is 1. The van der Waals surface area contributed by atoms with Gasteiger partial charge in [0.15, 0.2) is 0 Å². The van der Waals surface area contributed by atoms with Crippen molar-refractivity contribution in [3.63, 3.8) is 0 Å². The van der Waals surface area contributed by atoms with Crippen LogP contribution in [-0.4, -0.2) is 37.0 Å². The van der Waals surface area contributed by atoms with Crippen LogP contribution in [0.5, 0.6) is 5.75 Å². The first-order valence-electron chi connectivity index (χ1n) is 9.29. The number of hydrogen-bond acceptors (Lipinski definition) is 4. The van der Waals surface area contributed by atoms with Crippen molar-refractivity contribution in [2.75, 3.05) is 20.2 Å². The SMILES string of the molecule is CCCCCNC(=O)c1cncc(C(=O)NCCc2ccccc2OC)c1. The molecule has 0 atom stereocenters. The van der Waals surface area contributed by atoms with Crippen molar-refractivity contribution >= 4 is 11.8 Å². The van der Waals surface area contributed by atoms with Crippen molar-refractivity contribution in [3.05, 3.63) is 59.4 Å². The second-order valence-electron chi connectivity index (χ2n) is 6.24. The highest BCUT2D eigenvalue weighted by Gasteiger charge is 2.11. The maximum absolute atomic E-state index is 12.3. The van der Waals surface area contributed by atoms with Gasteiger partial charge in [-0.25, -0.2) is 0 Å². The minimum Gasteiger partial charge on any atom is -0.496 e. The topological polar surface area (TPSA) is 80.3 Å². The molecule has 0 radical (unpaired) electrons. The Morgan fingerprint density at radius 2 is 1.67 bits per heavy atom. The van der Waals surface area contributed by atoms with Crippen molar-refractivity contribution < 1.29 is 14.3 Å². The number of nitrogens with one attached hydrogen (secondary N) is 2. The van der Waals surface area contributed by atoms with Gasteiger partial charge in [-0.3, -0.25) is 14.6 Å². The smallest absolute Gasteiger partial charge is 0.252 e. The molecule has 0 aliphatic heterocycles. The third-order valence-corrected chi connectivity index (χ3v) is 4.20. The Hall–Kier alpha value is -2.89. The highest BCUT2D eigenvalue weighted by atomic mass is 16.5. The lowest BCUT2D eigenvalue weighted by Gasteiger charge is -2.10. The molecule has 2 amide bonds. The summed E-state index contributed by atoms with van der Waals surface area (Å²) in [5, 5.41) is 5.71. The molecular formula is C21H27N3O3. The third-order valence-electron chi connectivity index (χ3n) is 4.20. The van der Waals surface area contributed by atoms with Crippen molar-refractivity contribution in [1.29, 1.82) is 0 Å². The number of carbonyl (C=O) groups excluding carboxylic acids is 2. The summed E-state index contributed by atoms with van der Waals surface area (Å²) in [6, 6.07) is 9.28. The third kappa shape index (κ3) is 6.40. The Kier molecular flexibility index (Phi) is 8.29. The normalized spacial score (nSPS) is 10.3. The molecule has 0 bridgehead atoms. The minimum absolute atomic E-state index is 0.206. The highest BCUT2D eigenvalue weighted by molar-refractivity contribution is 5.99. The number of aromatic nitrogens is 1. The molecule has 2 N–H and O–H groups in total. The number of pyridine rings is 1. The number of hydrogen-bond donors (Lipinski definition) is 2. The summed E-state index contributed by atoms with van der Waals surface area (Å²) in [5.74, 6) is 0.343. The molecule has 27 heavy (non-hydrogen) atoms. The summed E-state index contributed by atoms with van der Waals surface area (Å²) in [5.41, 5.74) is 1.79. The Morgan fingerprint density at radius 3 is 2.33 bits per heavy atom. The minimum atomic E-state index is -0.252. The summed E-state index contributed by atoms with van der Waals surface area (Å²) < 4.78 is 5.31. The first-order valence-corrected chi connectivity index (χ1v) is 9.29. The van der Waals surface area contributed by atoms with Gasteiger partial charge in [-0.1, -0.05) is 38.0 Å². The molecule has 2 rings (SSSR count). The van der Waals surface area contributed by atoms with E-state index in [0.717, 1.165) is 30.6 Å². The maximum atomic E-state index is 12.3. The van der Waals surface area contributed by atoms with Crippen LogP contribution < -0.4 is 15.4 Å². The Bertz CT molecular complexity index is 762. The van der Waals surface area contributed by atoms with Gasteiger partial charge in [-0.15, -0.1) is 0 Å². The summed E-state index contributed by atoms with van der Waals surface area (Å²) in [7, 11) is 1.63. The number of carbonyl (C=O) groups is 2. The van der Waals surface area contributed by atoms with Crippen LogP contribution in [0, 0.1) is 0 Å². The molecule has 144 valence electrons. The zero-order valence-corrected chi connectivity index (χ0v) is 16.0. The maximum Gasteiger partial charge on any atom is 0.252 e. The fourth-order valence-electron chi connectivity index (χ4n) is 2.69. The van der Waals surface area contributed by atoms with Crippen LogP contribution in [0.2, 0.25) is 0 Å². The Morgan fingerprint density at radius 1 is 1.00 bits per heavy atom. The van der Waals surface area contributed by atoms with E-state index in [1.54, 1.807) is 13.2 Å². The molecule has 1 aromatic heterocycles. The van der Waals surface area contributed by atoms with Crippen LogP contribution in [0.25, 0.3) is 0 Å². The van der Waals surface area contributed by atoms with E-state index in [-0.39, 0.29) is 11.8 Å². The van der Waals surface area contributed by atoms with E-state index in [4.69, 9.17) is 4.74 Å². The van der Waals surface area contributed by atoms with Crippen molar-refractivity contribution in [2.45, 2.75) is 32.6 Å². The van der Waals surface area contributed by atoms with E-state index in [1.165, 1.54) is 12.4 Å². The van der Waals surface area contributed by atoms with Crippen LogP contribution in [0.4, 0.5) is 0 Å². The van der Waals surface area contributed by atoms with Crippen molar-refractivity contribution in [3.8, 4) is 5.75 Å². The van der Waals surface area contributed by atoms with E-state index in [0.29, 0.717) is 30.6 Å². The molecule has 2 aromatic rings. The first kappa shape index (κ1) is 20.4. The number of para-hydroxylation sites is 1. The lowest BCUT2D eigenvalue weighted by molar-refractivity contribution is 0.0952. The zero-order valence-electron chi connectivity index (χ0n) is 16.0. The molecule has 0 spiro atoms. The van der Waals surface area contributed by atoms with Crippen molar-refractivity contribution in [2.24, 2.45) is 0 Å². The largest absolute Gasteiger partial charge is 0.496 e. The molecule has 0 fully saturated rings. The Labute approximate surface area is 160 Å². The zero-order chi connectivity index (χ0) is 19.5. The average molecular weight is 369 g/mol. The number of benzene rings is 1. The van der Waals surface area contributed by atoms with Crippen molar-refractivity contribution in [1.82, 2.24) is 15.6 Å². The predicted molar refractivity (Wildman–Crippen MR) is 105 cm³/mol. The molecule has 0 saturated carbocycles. The quantitative estimate of drug-likeness (QED) is 0.631. The van der Waals surface area contributed by atoms with E-state index in [9.17, 15) is 9.59 Å². The highest BCUT2D eigenvalue weighted by Crippen LogP contribution is 2.17. The molecule has 6 heteroatoms. The standard InChI is InChI=1S/C21H27N3O3/c1-3-4-7-11-23-20(25)17-13-18(15-22-14-17)21(26)24-12-10-16-8-5-6-9-19(16)27-2/h5-6,8-9,13-15H,3-4,7,10-12H2,1-2H3,(H,23,25)(H,24,26). The van der Waals surface area contributed by atoms with Gasteiger partial charge in [0.1, 0.15) is 5.75 Å². The van der Waals surface area contributed by atoms with E-state index >= 15 is 0 Å². The number of ether oxygens (including phenoxy) is 1. The fourth-order valence-corrected chi connectivity index (χ4v) is 2.69. The first-order chi connectivity index (χ1) is 13.2. The molecule has 0 aliphatic rings. The van der Waals surface area contributed by atoms with Crippen LogP contribution in [0.15, 0.2) is 42.7 Å². The van der Waals surface area contributed by atoms with Gasteiger partial charge in [-0.2, -0.15) is 0 Å². The van der Waals surface area contributed by atoms with Crippen LogP contribution >= 0.6 is 0 Å². The van der Waals surface area contributed by atoms with Crippen LogP contribution in [0.3, 0.4) is 0 Å². The lowest BCUT2D eigenvalue weighted by atomic mass is 10.1. The molecular weight excluding hydrogens is 342 g/mol. The molecule has 0 aliphatic carbocycles. The Balaban J connectivity index is 1.88. The van der Waals surface area contributed by atoms with Gasteiger partial charge in [-0.05, 0) is 30.5 Å². The second-order valence-corrected chi connectivity index (χ2v) is 6.24. The van der Waals surface area contributed by atoms with Gasteiger partial charge in [0.05, 0.1) is 18.2 Å². The second kappa shape index (κ2) is 11.0. The monoisotopic (exact) mass is 369 g/mol. The molecule has 6 nitrogen and oxygen atoms in total. The number of amides is 2. The predicted octanol–water partition coefficient (Wildman–Crippen LogP) is 2.98. The van der Waals surface area contributed by atoms with E-state index in [1.807, 2.05) is 24.3 Å². The summed E-state index contributed by atoms with van der Waals surface area (Å²) in [6.45, 7) is 3.20. The summed E-state index contributed by atoms with van der Waals surface area (Å²) >= 11 is 0. The molecule has 1 heterocycles. The number of unbranched alkanes of at least 4 members (excludes halogenated alkanes) is 2. The number of rotatable bonds is 10. The summed E-state index contributed by atoms with van der Waals surface area (Å²) in [6.07, 6.45) is 6.71. The van der Waals surface area contributed by atoms with Gasteiger partial charge in [0.2, 0.25) is 0 Å². The number of methoxy groups -OCH3 is 1.